The molecule has 2 unspecified atom stereocenters. The standard InChI is InChI=1S/C13H11N2O4P/c16-13(17)12(10-6-2-1-3-7-10)15(20(18)19)11-8-4-5-9-14-11/h1-9,12H,(H-,16,17,18,19)/p+1. The molecule has 102 valence electrons. The Balaban J connectivity index is 2.50. The van der Waals surface area contributed by atoms with E-state index >= 15 is 0 Å². The number of hydrogen-bond acceptors (Lipinski definition) is 3. The minimum absolute atomic E-state index is 0.132. The molecule has 7 heteroatoms. The Bertz CT molecular complexity index is 551. The van der Waals surface area contributed by atoms with Crippen LogP contribution in [0, 0.1) is 0 Å². The molecule has 2 N–H and O–H groups in total. The molecule has 1 aromatic carbocycles. The summed E-state index contributed by atoms with van der Waals surface area (Å²) in [5.41, 5.74) is 0.406. The average molecular weight is 291 g/mol. The molecule has 0 fully saturated rings. The Morgan fingerprint density at radius 1 is 1.15 bits per heavy atom. The molecule has 0 aliphatic heterocycles. The Hall–Kier alpha value is -2.30. The second-order valence-electron chi connectivity index (χ2n) is 3.94. The van der Waals surface area contributed by atoms with Crippen molar-refractivity contribution in [2.45, 2.75) is 6.04 Å². The van der Waals surface area contributed by atoms with E-state index in [2.05, 4.69) is 4.98 Å². The summed E-state index contributed by atoms with van der Waals surface area (Å²) >= 11 is 0. The Kier molecular flexibility index (Phi) is 4.40. The molecule has 0 amide bonds. The van der Waals surface area contributed by atoms with Gasteiger partial charge < -0.3 is 5.11 Å². The molecular formula is C13H12N2O4P+. The van der Waals surface area contributed by atoms with Crippen molar-refractivity contribution in [3.05, 3.63) is 60.3 Å². The van der Waals surface area contributed by atoms with Crippen LogP contribution in [0.2, 0.25) is 0 Å². The Morgan fingerprint density at radius 2 is 1.80 bits per heavy atom. The summed E-state index contributed by atoms with van der Waals surface area (Å²) in [7, 11) is -2.90. The van der Waals surface area contributed by atoms with Crippen molar-refractivity contribution in [2.75, 3.05) is 4.67 Å². The second kappa shape index (κ2) is 6.23. The minimum Gasteiger partial charge on any atom is -0.479 e. The molecule has 2 rings (SSSR count). The fourth-order valence-corrected chi connectivity index (χ4v) is 2.55. The van der Waals surface area contributed by atoms with E-state index < -0.39 is 20.2 Å². The predicted molar refractivity (Wildman–Crippen MR) is 73.4 cm³/mol. The molecule has 1 heterocycles. The van der Waals surface area contributed by atoms with Crippen LogP contribution in [-0.2, 0) is 9.36 Å². The van der Waals surface area contributed by atoms with E-state index in [0.717, 1.165) is 4.67 Å². The predicted octanol–water partition coefficient (Wildman–Crippen LogP) is 2.36. The first kappa shape index (κ1) is 14.1. The van der Waals surface area contributed by atoms with Gasteiger partial charge in [0.15, 0.2) is 5.82 Å². The molecule has 2 aromatic rings. The van der Waals surface area contributed by atoms with Gasteiger partial charge in [-0.2, -0.15) is 0 Å². The summed E-state index contributed by atoms with van der Waals surface area (Å²) in [5, 5.41) is 9.40. The summed E-state index contributed by atoms with van der Waals surface area (Å²) in [5.74, 6) is -1.09. The number of carbonyl (C=O) groups is 1. The zero-order valence-electron chi connectivity index (χ0n) is 10.3. The van der Waals surface area contributed by atoms with Crippen LogP contribution in [0.4, 0.5) is 5.82 Å². The van der Waals surface area contributed by atoms with Crippen molar-refractivity contribution in [1.82, 2.24) is 4.98 Å². The first-order chi connectivity index (χ1) is 9.61. The van der Waals surface area contributed by atoms with Gasteiger partial charge in [-0.25, -0.2) is 9.78 Å². The van der Waals surface area contributed by atoms with Crippen LogP contribution in [0.3, 0.4) is 0 Å². The smallest absolute Gasteiger partial charge is 0.479 e. The Labute approximate surface area is 116 Å². The molecular weight excluding hydrogens is 279 g/mol. The summed E-state index contributed by atoms with van der Waals surface area (Å²) in [6.45, 7) is 0. The number of benzene rings is 1. The molecule has 20 heavy (non-hydrogen) atoms. The average Bonchev–Trinajstić information content (AvgIpc) is 2.45. The highest BCUT2D eigenvalue weighted by Gasteiger charge is 2.41. The van der Waals surface area contributed by atoms with E-state index in [0.29, 0.717) is 5.56 Å². The van der Waals surface area contributed by atoms with Crippen molar-refractivity contribution in [1.29, 1.82) is 0 Å². The van der Waals surface area contributed by atoms with E-state index in [1.54, 1.807) is 42.5 Å². The molecule has 1 aromatic heterocycles. The van der Waals surface area contributed by atoms with Crippen molar-refractivity contribution in [2.24, 2.45) is 0 Å². The summed E-state index contributed by atoms with van der Waals surface area (Å²) < 4.78 is 12.5. The Morgan fingerprint density at radius 3 is 2.30 bits per heavy atom. The molecule has 0 aliphatic carbocycles. The lowest BCUT2D eigenvalue weighted by atomic mass is 10.1. The van der Waals surface area contributed by atoms with E-state index in [1.807, 2.05) is 0 Å². The highest BCUT2D eigenvalue weighted by Crippen LogP contribution is 2.37. The number of rotatable bonds is 5. The molecule has 2 atom stereocenters. The number of carboxylic acids is 1. The van der Waals surface area contributed by atoms with Crippen LogP contribution in [-0.4, -0.2) is 21.0 Å². The molecule has 0 spiro atoms. The van der Waals surface area contributed by atoms with Crippen molar-refractivity contribution in [3.8, 4) is 0 Å². The van der Waals surface area contributed by atoms with Gasteiger partial charge >= 0.3 is 14.1 Å². The SMILES string of the molecule is O=C(O)C(c1ccccc1)N(c1ccccn1)[P+](=O)O. The van der Waals surface area contributed by atoms with Crippen molar-refractivity contribution in [3.63, 3.8) is 0 Å². The van der Waals surface area contributed by atoms with Crippen LogP contribution < -0.4 is 4.67 Å². The molecule has 0 radical (unpaired) electrons. The van der Waals surface area contributed by atoms with Crippen LogP contribution in [0.15, 0.2) is 54.7 Å². The summed E-state index contributed by atoms with van der Waals surface area (Å²) in [4.78, 5) is 24.9. The largest absolute Gasteiger partial charge is 0.645 e. The molecule has 0 aliphatic rings. The van der Waals surface area contributed by atoms with Gasteiger partial charge in [-0.1, -0.05) is 36.4 Å². The number of aromatic nitrogens is 1. The summed E-state index contributed by atoms with van der Waals surface area (Å²) in [6, 6.07) is 11.7. The van der Waals surface area contributed by atoms with Gasteiger partial charge in [0.2, 0.25) is 6.04 Å². The van der Waals surface area contributed by atoms with Gasteiger partial charge in [0, 0.05) is 6.20 Å². The zero-order valence-corrected chi connectivity index (χ0v) is 11.2. The van der Waals surface area contributed by atoms with E-state index in [4.69, 9.17) is 0 Å². The third-order valence-electron chi connectivity index (χ3n) is 2.66. The third kappa shape index (κ3) is 2.99. The number of carboxylic acid groups (broad SMARTS) is 1. The minimum atomic E-state index is -2.90. The number of aliphatic carboxylic acids is 1. The van der Waals surface area contributed by atoms with Crippen LogP contribution in [0.1, 0.15) is 11.6 Å². The fraction of sp³-hybridized carbons (Fsp3) is 0.0769. The third-order valence-corrected chi connectivity index (χ3v) is 3.47. The van der Waals surface area contributed by atoms with Crippen LogP contribution in [0.5, 0.6) is 0 Å². The van der Waals surface area contributed by atoms with E-state index in [9.17, 15) is 19.4 Å². The highest BCUT2D eigenvalue weighted by atomic mass is 31.1. The van der Waals surface area contributed by atoms with Crippen LogP contribution >= 0.6 is 8.18 Å². The quantitative estimate of drug-likeness (QED) is 0.822. The van der Waals surface area contributed by atoms with E-state index in [1.165, 1.54) is 12.3 Å². The molecule has 6 nitrogen and oxygen atoms in total. The van der Waals surface area contributed by atoms with Gasteiger partial charge in [-0.3, -0.25) is 0 Å². The molecule has 0 bridgehead atoms. The number of anilines is 1. The van der Waals surface area contributed by atoms with Gasteiger partial charge in [-0.15, -0.1) is 9.56 Å². The molecule has 0 saturated heterocycles. The normalized spacial score (nSPS) is 12.6. The maximum absolute atomic E-state index is 11.6. The first-order valence-electron chi connectivity index (χ1n) is 5.75. The lowest BCUT2D eigenvalue weighted by Gasteiger charge is -2.18. The van der Waals surface area contributed by atoms with Gasteiger partial charge in [-0.05, 0) is 22.3 Å². The van der Waals surface area contributed by atoms with Gasteiger partial charge in [0.1, 0.15) is 0 Å². The molecule has 0 saturated carbocycles. The number of nitrogens with zero attached hydrogens (tertiary/aromatic N) is 2. The maximum Gasteiger partial charge on any atom is 0.645 e. The van der Waals surface area contributed by atoms with E-state index in [-0.39, 0.29) is 5.82 Å². The first-order valence-corrected chi connectivity index (χ1v) is 6.92. The van der Waals surface area contributed by atoms with Gasteiger partial charge in [0.25, 0.3) is 0 Å². The van der Waals surface area contributed by atoms with Crippen molar-refractivity contribution < 1.29 is 19.4 Å². The van der Waals surface area contributed by atoms with Crippen LogP contribution in [0.25, 0.3) is 0 Å². The monoisotopic (exact) mass is 291 g/mol. The topological polar surface area (TPSA) is 90.7 Å². The van der Waals surface area contributed by atoms with Gasteiger partial charge in [0.05, 0.1) is 0 Å². The maximum atomic E-state index is 11.6. The zero-order chi connectivity index (χ0) is 14.5. The lowest BCUT2D eigenvalue weighted by molar-refractivity contribution is -0.138. The number of pyridine rings is 1. The highest BCUT2D eigenvalue weighted by molar-refractivity contribution is 7.40. The lowest BCUT2D eigenvalue weighted by Crippen LogP contribution is -2.29. The van der Waals surface area contributed by atoms with Crippen molar-refractivity contribution >= 4 is 20.0 Å². The summed E-state index contributed by atoms with van der Waals surface area (Å²) in [6.07, 6.45) is 1.44. The number of hydrogen-bond donors (Lipinski definition) is 2. The fourth-order valence-electron chi connectivity index (χ4n) is 1.83. The second-order valence-corrected chi connectivity index (χ2v) is 4.87.